The average molecular weight is 395 g/mol. The summed E-state index contributed by atoms with van der Waals surface area (Å²) in [5.74, 6) is -0.540. The molecule has 9 heteroatoms. The predicted molar refractivity (Wildman–Crippen MR) is 101 cm³/mol. The molecular formula is C17H22N4O3S2. The minimum Gasteiger partial charge on any atom is -0.335 e. The maximum Gasteiger partial charge on any atom is 0.286 e. The number of hydrogen-bond acceptors (Lipinski definition) is 5. The second-order valence-corrected chi connectivity index (χ2v) is 9.73. The van der Waals surface area contributed by atoms with E-state index in [1.165, 1.54) is 23.8 Å². The smallest absolute Gasteiger partial charge is 0.286 e. The summed E-state index contributed by atoms with van der Waals surface area (Å²) in [6, 6.07) is 0. The van der Waals surface area contributed by atoms with Crippen molar-refractivity contribution in [1.29, 1.82) is 0 Å². The van der Waals surface area contributed by atoms with E-state index < -0.39 is 15.6 Å². The Hall–Kier alpha value is -2.00. The highest BCUT2D eigenvalue weighted by atomic mass is 32.2. The maximum atomic E-state index is 13.2. The zero-order chi connectivity index (χ0) is 19.1. The van der Waals surface area contributed by atoms with Crippen LogP contribution >= 0.6 is 11.3 Å². The molecule has 0 N–H and O–H groups in total. The summed E-state index contributed by atoms with van der Waals surface area (Å²) in [6.07, 6.45) is 2.96. The Bertz CT molecular complexity index is 980. The summed E-state index contributed by atoms with van der Waals surface area (Å²) in [4.78, 5) is 26.9. The molecule has 3 rings (SSSR count). The van der Waals surface area contributed by atoms with Gasteiger partial charge >= 0.3 is 0 Å². The van der Waals surface area contributed by atoms with Crippen molar-refractivity contribution in [3.8, 4) is 0 Å². The Morgan fingerprint density at radius 3 is 2.65 bits per heavy atom. The quantitative estimate of drug-likeness (QED) is 0.801. The minimum absolute atomic E-state index is 0.0490. The molecule has 1 aliphatic rings. The second-order valence-electron chi connectivity index (χ2n) is 6.76. The Morgan fingerprint density at radius 2 is 2.04 bits per heavy atom. The third-order valence-electron chi connectivity index (χ3n) is 4.39. The van der Waals surface area contributed by atoms with Crippen molar-refractivity contribution in [3.05, 3.63) is 33.8 Å². The van der Waals surface area contributed by atoms with Crippen LogP contribution in [0.25, 0.3) is 0 Å². The molecule has 1 unspecified atom stereocenters. The monoisotopic (exact) mass is 394 g/mol. The van der Waals surface area contributed by atoms with Crippen LogP contribution in [0.4, 0.5) is 0 Å². The first kappa shape index (κ1) is 18.8. The van der Waals surface area contributed by atoms with Gasteiger partial charge in [-0.3, -0.25) is 14.3 Å². The Labute approximate surface area is 157 Å². The van der Waals surface area contributed by atoms with E-state index in [-0.39, 0.29) is 11.8 Å². The molecule has 140 valence electrons. The first-order chi connectivity index (χ1) is 12.2. The summed E-state index contributed by atoms with van der Waals surface area (Å²) >= 11 is 1.41. The fourth-order valence-corrected chi connectivity index (χ4v) is 5.11. The van der Waals surface area contributed by atoms with Gasteiger partial charge in [-0.05, 0) is 17.9 Å². The van der Waals surface area contributed by atoms with E-state index >= 15 is 0 Å². The van der Waals surface area contributed by atoms with Gasteiger partial charge in [-0.2, -0.15) is 20.8 Å². The lowest BCUT2D eigenvalue weighted by Gasteiger charge is -2.29. The van der Waals surface area contributed by atoms with Crippen molar-refractivity contribution in [2.75, 3.05) is 12.8 Å². The molecule has 7 nitrogen and oxygen atoms in total. The number of fused-ring (bicyclic) bond motifs is 1. The van der Waals surface area contributed by atoms with Gasteiger partial charge in [-0.1, -0.05) is 13.8 Å². The molecule has 3 heterocycles. The third kappa shape index (κ3) is 3.45. The first-order valence-electron chi connectivity index (χ1n) is 8.33. The summed E-state index contributed by atoms with van der Waals surface area (Å²) in [7, 11) is -2.96. The van der Waals surface area contributed by atoms with Crippen LogP contribution in [-0.2, 0) is 27.6 Å². The average Bonchev–Trinajstić information content (AvgIpc) is 3.19. The number of aryl methyl sites for hydroxylation is 1. The fourth-order valence-electron chi connectivity index (χ4n) is 2.93. The van der Waals surface area contributed by atoms with Crippen molar-refractivity contribution < 1.29 is 13.8 Å². The van der Waals surface area contributed by atoms with E-state index in [0.29, 0.717) is 35.8 Å². The molecule has 1 aliphatic heterocycles. The maximum absolute atomic E-state index is 13.2. The van der Waals surface area contributed by atoms with Gasteiger partial charge in [0.15, 0.2) is 0 Å². The molecule has 0 aliphatic carbocycles. The molecule has 0 spiro atoms. The molecule has 0 fully saturated rings. The van der Waals surface area contributed by atoms with Crippen LogP contribution in [0, 0.1) is 12.8 Å². The van der Waals surface area contributed by atoms with Crippen LogP contribution in [0.2, 0.25) is 0 Å². The number of nitrogens with zero attached hydrogens (tertiary/aromatic N) is 4. The van der Waals surface area contributed by atoms with Gasteiger partial charge in [-0.25, -0.2) is 4.21 Å². The second kappa shape index (κ2) is 6.96. The predicted octanol–water partition coefficient (Wildman–Crippen LogP) is 2.55. The highest BCUT2D eigenvalue weighted by Crippen LogP contribution is 2.24. The lowest BCUT2D eigenvalue weighted by Crippen LogP contribution is -2.40. The lowest BCUT2D eigenvalue weighted by molar-refractivity contribution is -0.136. The van der Waals surface area contributed by atoms with Gasteiger partial charge in [0.05, 0.1) is 45.2 Å². The van der Waals surface area contributed by atoms with Crippen LogP contribution in [0.3, 0.4) is 0 Å². The fraction of sp³-hybridized carbons (Fsp3) is 0.471. The molecule has 0 aromatic carbocycles. The number of hydrogen-bond donors (Lipinski definition) is 0. The van der Waals surface area contributed by atoms with E-state index in [9.17, 15) is 13.8 Å². The van der Waals surface area contributed by atoms with Crippen molar-refractivity contribution >= 4 is 32.9 Å². The number of carbonyl (C=O) groups is 2. The minimum atomic E-state index is -2.96. The van der Waals surface area contributed by atoms with Gasteiger partial charge in [0.1, 0.15) is 0 Å². The molecular weight excluding hydrogens is 372 g/mol. The van der Waals surface area contributed by atoms with Crippen molar-refractivity contribution in [3.63, 3.8) is 0 Å². The number of rotatable bonds is 3. The molecule has 1 atom stereocenters. The van der Waals surface area contributed by atoms with E-state index in [0.717, 1.165) is 5.56 Å². The van der Waals surface area contributed by atoms with E-state index in [2.05, 4.69) is 9.46 Å². The van der Waals surface area contributed by atoms with Gasteiger partial charge in [0.2, 0.25) is 5.91 Å². The topological polar surface area (TPSA) is 84.6 Å². The molecule has 26 heavy (non-hydrogen) atoms. The number of thiophene rings is 1. The number of amides is 2. The summed E-state index contributed by atoms with van der Waals surface area (Å²) in [6.45, 7) is 6.98. The first-order valence-corrected chi connectivity index (χ1v) is 11.2. The molecule has 2 amide bonds. The Balaban J connectivity index is 1.96. The van der Waals surface area contributed by atoms with Gasteiger partial charge < -0.3 is 4.90 Å². The third-order valence-corrected chi connectivity index (χ3v) is 6.92. The van der Waals surface area contributed by atoms with Crippen LogP contribution < -0.4 is 0 Å². The standard InChI is InChI=1S/C17H22N4O3S2/c1-11(2)17(23)20-5-6-21-14(8-20)15(7-18-21)26(4,24)19-16(22)13-10-25-9-12(13)3/h7,9-11H,5-6,8H2,1-4H3. The molecule has 0 radical (unpaired) electrons. The van der Waals surface area contributed by atoms with Crippen LogP contribution in [0.5, 0.6) is 0 Å². The largest absolute Gasteiger partial charge is 0.335 e. The van der Waals surface area contributed by atoms with E-state index in [1.54, 1.807) is 15.0 Å². The lowest BCUT2D eigenvalue weighted by atomic mass is 10.1. The normalized spacial score (nSPS) is 16.3. The van der Waals surface area contributed by atoms with E-state index in [1.807, 2.05) is 26.2 Å². The number of aromatic nitrogens is 2. The molecule has 0 saturated carbocycles. The SMILES string of the molecule is Cc1cscc1C(=O)N=S(C)(=O)c1cnn2c1CN(C(=O)C(C)C)CC2. The van der Waals surface area contributed by atoms with Gasteiger partial charge in [-0.15, -0.1) is 0 Å². The molecule has 2 aromatic rings. The van der Waals surface area contributed by atoms with Crippen LogP contribution in [0.15, 0.2) is 26.2 Å². The van der Waals surface area contributed by atoms with Crippen LogP contribution in [-0.4, -0.2) is 43.5 Å². The van der Waals surface area contributed by atoms with Gasteiger partial charge in [0, 0.05) is 24.1 Å². The summed E-state index contributed by atoms with van der Waals surface area (Å²) < 4.78 is 19.0. The molecule has 2 aromatic heterocycles. The van der Waals surface area contributed by atoms with Crippen LogP contribution in [0.1, 0.15) is 35.5 Å². The van der Waals surface area contributed by atoms with Crippen molar-refractivity contribution in [1.82, 2.24) is 14.7 Å². The van der Waals surface area contributed by atoms with Crippen molar-refractivity contribution in [2.24, 2.45) is 10.3 Å². The Morgan fingerprint density at radius 1 is 1.31 bits per heavy atom. The number of carbonyl (C=O) groups excluding carboxylic acids is 2. The Kier molecular flexibility index (Phi) is 5.03. The van der Waals surface area contributed by atoms with Gasteiger partial charge in [0.25, 0.3) is 5.91 Å². The highest BCUT2D eigenvalue weighted by Gasteiger charge is 2.28. The highest BCUT2D eigenvalue weighted by molar-refractivity contribution is 7.93. The molecule has 0 saturated heterocycles. The zero-order valence-corrected chi connectivity index (χ0v) is 16.9. The zero-order valence-electron chi connectivity index (χ0n) is 15.3. The molecule has 0 bridgehead atoms. The summed E-state index contributed by atoms with van der Waals surface area (Å²) in [5.41, 5.74) is 1.99. The van der Waals surface area contributed by atoms with Crippen molar-refractivity contribution in [2.45, 2.75) is 38.8 Å². The summed E-state index contributed by atoms with van der Waals surface area (Å²) in [5, 5.41) is 7.85. The van der Waals surface area contributed by atoms with E-state index in [4.69, 9.17) is 0 Å².